The molecular formula is C11H16N2O. The van der Waals surface area contributed by atoms with Crippen molar-refractivity contribution in [3.05, 3.63) is 23.8 Å². The average molecular weight is 192 g/mol. The Morgan fingerprint density at radius 1 is 1.36 bits per heavy atom. The molecule has 0 atom stereocenters. The van der Waals surface area contributed by atoms with Crippen LogP contribution < -0.4 is 11.5 Å². The van der Waals surface area contributed by atoms with Crippen molar-refractivity contribution in [3.8, 4) is 5.75 Å². The van der Waals surface area contributed by atoms with Gasteiger partial charge in [-0.05, 0) is 49.4 Å². The van der Waals surface area contributed by atoms with Crippen molar-refractivity contribution in [2.24, 2.45) is 5.73 Å². The maximum atomic E-state index is 9.56. The molecule has 1 aromatic rings. The van der Waals surface area contributed by atoms with E-state index in [0.29, 0.717) is 11.4 Å². The molecule has 76 valence electrons. The third-order valence-corrected chi connectivity index (χ3v) is 2.89. The average Bonchev–Trinajstić information content (AvgIpc) is 2.87. The molecule has 0 saturated heterocycles. The summed E-state index contributed by atoms with van der Waals surface area (Å²) in [6.45, 7) is 0. The number of benzene rings is 1. The van der Waals surface area contributed by atoms with Gasteiger partial charge in [0.1, 0.15) is 5.75 Å². The van der Waals surface area contributed by atoms with Gasteiger partial charge in [0.05, 0.1) is 0 Å². The molecule has 0 aromatic heterocycles. The monoisotopic (exact) mass is 192 g/mol. The Morgan fingerprint density at radius 3 is 2.71 bits per heavy atom. The fraction of sp³-hybridized carbons (Fsp3) is 0.455. The van der Waals surface area contributed by atoms with Crippen LogP contribution in [-0.2, 0) is 6.42 Å². The van der Waals surface area contributed by atoms with E-state index in [1.807, 2.05) is 6.07 Å². The quantitative estimate of drug-likeness (QED) is 0.500. The van der Waals surface area contributed by atoms with Gasteiger partial charge in [0, 0.05) is 11.2 Å². The van der Waals surface area contributed by atoms with Gasteiger partial charge in [-0.15, -0.1) is 0 Å². The molecule has 3 heteroatoms. The molecule has 0 unspecified atom stereocenters. The molecule has 1 aromatic carbocycles. The Morgan fingerprint density at radius 2 is 2.07 bits per heavy atom. The van der Waals surface area contributed by atoms with E-state index in [9.17, 15) is 5.11 Å². The third-order valence-electron chi connectivity index (χ3n) is 2.89. The second-order valence-corrected chi connectivity index (χ2v) is 4.25. The fourth-order valence-corrected chi connectivity index (χ4v) is 1.60. The lowest BCUT2D eigenvalue weighted by Gasteiger charge is -2.09. The number of aromatic hydroxyl groups is 1. The summed E-state index contributed by atoms with van der Waals surface area (Å²) in [6, 6.07) is 5.16. The van der Waals surface area contributed by atoms with Gasteiger partial charge in [-0.3, -0.25) is 0 Å². The minimum Gasteiger partial charge on any atom is -0.508 e. The fourth-order valence-electron chi connectivity index (χ4n) is 1.60. The molecule has 0 amide bonds. The molecule has 0 spiro atoms. The summed E-state index contributed by atoms with van der Waals surface area (Å²) in [4.78, 5) is 0. The second kappa shape index (κ2) is 3.17. The van der Waals surface area contributed by atoms with E-state index in [4.69, 9.17) is 11.5 Å². The predicted molar refractivity (Wildman–Crippen MR) is 57.0 cm³/mol. The highest BCUT2D eigenvalue weighted by Crippen LogP contribution is 2.37. The summed E-state index contributed by atoms with van der Waals surface area (Å²) in [5.41, 5.74) is 13.2. The number of nitrogens with two attached hydrogens (primary N) is 2. The van der Waals surface area contributed by atoms with Crippen LogP contribution in [0.25, 0.3) is 0 Å². The van der Waals surface area contributed by atoms with Crippen LogP contribution in [0.1, 0.15) is 24.8 Å². The molecule has 1 aliphatic carbocycles. The SMILES string of the molecule is Nc1ccc(O)c(CCC2(N)CC2)c1. The first kappa shape index (κ1) is 9.34. The maximum absolute atomic E-state index is 9.56. The minimum atomic E-state index is 0.0387. The number of phenolic OH excluding ortho intramolecular Hbond substituents is 1. The van der Waals surface area contributed by atoms with Crippen molar-refractivity contribution in [1.82, 2.24) is 0 Å². The molecule has 14 heavy (non-hydrogen) atoms. The van der Waals surface area contributed by atoms with E-state index in [-0.39, 0.29) is 5.54 Å². The molecule has 1 aliphatic rings. The number of rotatable bonds is 3. The molecule has 5 N–H and O–H groups in total. The summed E-state index contributed by atoms with van der Waals surface area (Å²) in [7, 11) is 0. The Kier molecular flexibility index (Phi) is 2.11. The van der Waals surface area contributed by atoms with E-state index < -0.39 is 0 Å². The van der Waals surface area contributed by atoms with Gasteiger partial charge in [0.25, 0.3) is 0 Å². The first-order valence-corrected chi connectivity index (χ1v) is 4.95. The molecule has 3 nitrogen and oxygen atoms in total. The Labute approximate surface area is 83.7 Å². The van der Waals surface area contributed by atoms with Crippen molar-refractivity contribution >= 4 is 5.69 Å². The number of anilines is 1. The third kappa shape index (κ3) is 1.99. The van der Waals surface area contributed by atoms with Crippen LogP contribution in [0, 0.1) is 0 Å². The Hall–Kier alpha value is -1.22. The smallest absolute Gasteiger partial charge is 0.118 e. The minimum absolute atomic E-state index is 0.0387. The van der Waals surface area contributed by atoms with E-state index >= 15 is 0 Å². The normalized spacial score (nSPS) is 18.1. The first-order valence-electron chi connectivity index (χ1n) is 4.95. The number of hydrogen-bond acceptors (Lipinski definition) is 3. The van der Waals surface area contributed by atoms with E-state index in [0.717, 1.165) is 31.2 Å². The van der Waals surface area contributed by atoms with Gasteiger partial charge in [0.2, 0.25) is 0 Å². The Balaban J connectivity index is 2.04. The highest BCUT2D eigenvalue weighted by molar-refractivity contribution is 5.47. The molecule has 2 rings (SSSR count). The predicted octanol–water partition coefficient (Wildman–Crippen LogP) is 1.40. The van der Waals surface area contributed by atoms with Crippen LogP contribution in [0.15, 0.2) is 18.2 Å². The summed E-state index contributed by atoms with van der Waals surface area (Å²) < 4.78 is 0. The molecule has 1 fully saturated rings. The van der Waals surface area contributed by atoms with Gasteiger partial charge < -0.3 is 16.6 Å². The number of hydrogen-bond donors (Lipinski definition) is 3. The van der Waals surface area contributed by atoms with Crippen LogP contribution in [0.3, 0.4) is 0 Å². The summed E-state index contributed by atoms with van der Waals surface area (Å²) in [6.07, 6.45) is 3.96. The lowest BCUT2D eigenvalue weighted by Crippen LogP contribution is -2.22. The van der Waals surface area contributed by atoms with Crippen LogP contribution in [0.2, 0.25) is 0 Å². The molecule has 0 heterocycles. The van der Waals surface area contributed by atoms with E-state index in [1.165, 1.54) is 0 Å². The summed E-state index contributed by atoms with van der Waals surface area (Å²) in [5, 5.41) is 9.56. The van der Waals surface area contributed by atoms with Crippen molar-refractivity contribution in [3.63, 3.8) is 0 Å². The largest absolute Gasteiger partial charge is 0.508 e. The second-order valence-electron chi connectivity index (χ2n) is 4.25. The molecule has 0 radical (unpaired) electrons. The van der Waals surface area contributed by atoms with Crippen molar-refractivity contribution in [2.75, 3.05) is 5.73 Å². The van der Waals surface area contributed by atoms with Gasteiger partial charge in [0.15, 0.2) is 0 Å². The maximum Gasteiger partial charge on any atom is 0.118 e. The zero-order chi connectivity index (χ0) is 10.2. The summed E-state index contributed by atoms with van der Waals surface area (Å²) >= 11 is 0. The highest BCUT2D eigenvalue weighted by atomic mass is 16.3. The highest BCUT2D eigenvalue weighted by Gasteiger charge is 2.37. The van der Waals surface area contributed by atoms with E-state index in [1.54, 1.807) is 12.1 Å². The van der Waals surface area contributed by atoms with Crippen molar-refractivity contribution < 1.29 is 5.11 Å². The van der Waals surface area contributed by atoms with Gasteiger partial charge in [-0.2, -0.15) is 0 Å². The van der Waals surface area contributed by atoms with Crippen LogP contribution in [-0.4, -0.2) is 10.6 Å². The first-order chi connectivity index (χ1) is 6.59. The lowest BCUT2D eigenvalue weighted by atomic mass is 10.0. The molecule has 0 bridgehead atoms. The zero-order valence-electron chi connectivity index (χ0n) is 8.16. The van der Waals surface area contributed by atoms with E-state index in [2.05, 4.69) is 0 Å². The van der Waals surface area contributed by atoms with Crippen LogP contribution in [0.5, 0.6) is 5.75 Å². The van der Waals surface area contributed by atoms with Crippen LogP contribution in [0.4, 0.5) is 5.69 Å². The van der Waals surface area contributed by atoms with Crippen molar-refractivity contribution in [1.29, 1.82) is 0 Å². The molecule has 0 aliphatic heterocycles. The van der Waals surface area contributed by atoms with Crippen molar-refractivity contribution in [2.45, 2.75) is 31.2 Å². The molecule has 1 saturated carbocycles. The Bertz CT molecular complexity index is 345. The summed E-state index contributed by atoms with van der Waals surface area (Å²) in [5.74, 6) is 0.323. The standard InChI is InChI=1S/C11H16N2O/c12-9-1-2-10(14)8(7-9)3-4-11(13)5-6-11/h1-2,7,14H,3-6,12-13H2. The lowest BCUT2D eigenvalue weighted by molar-refractivity contribution is 0.464. The zero-order valence-corrected chi connectivity index (χ0v) is 8.16. The number of phenols is 1. The van der Waals surface area contributed by atoms with Crippen LogP contribution >= 0.6 is 0 Å². The van der Waals surface area contributed by atoms with Gasteiger partial charge >= 0.3 is 0 Å². The number of nitrogen functional groups attached to an aromatic ring is 1. The van der Waals surface area contributed by atoms with Gasteiger partial charge in [-0.25, -0.2) is 0 Å². The number of aryl methyl sites for hydroxylation is 1. The van der Waals surface area contributed by atoms with Gasteiger partial charge in [-0.1, -0.05) is 0 Å². The molecular weight excluding hydrogens is 176 g/mol. The topological polar surface area (TPSA) is 72.3 Å².